The van der Waals surface area contributed by atoms with E-state index in [1.54, 1.807) is 67.8 Å². The Morgan fingerprint density at radius 1 is 0.939 bits per heavy atom. The van der Waals surface area contributed by atoms with Gasteiger partial charge in [-0.2, -0.15) is 0 Å². The first-order valence-corrected chi connectivity index (χ1v) is 10.7. The Kier molecular flexibility index (Phi) is 6.11. The molecule has 0 saturated carbocycles. The third-order valence-corrected chi connectivity index (χ3v) is 5.89. The van der Waals surface area contributed by atoms with Gasteiger partial charge in [0.25, 0.3) is 11.7 Å². The molecule has 7 heteroatoms. The molecule has 4 rings (SSSR count). The second kappa shape index (κ2) is 9.00. The fraction of sp³-hybridized carbons (Fsp3) is 0.154. The minimum Gasteiger partial charge on any atom is -0.507 e. The van der Waals surface area contributed by atoms with Crippen LogP contribution >= 0.6 is 11.6 Å². The minimum absolute atomic E-state index is 0.0178. The Morgan fingerprint density at radius 3 is 2.09 bits per heavy atom. The van der Waals surface area contributed by atoms with Crippen molar-refractivity contribution in [2.45, 2.75) is 6.04 Å². The molecule has 1 saturated heterocycles. The lowest BCUT2D eigenvalue weighted by atomic mass is 9.95. The lowest BCUT2D eigenvalue weighted by Crippen LogP contribution is -2.29. The molecule has 1 aliphatic heterocycles. The first-order chi connectivity index (χ1) is 15.8. The summed E-state index contributed by atoms with van der Waals surface area (Å²) in [6.07, 6.45) is 0. The maximum absolute atomic E-state index is 13.2. The van der Waals surface area contributed by atoms with Crippen LogP contribution < -0.4 is 14.5 Å². The average Bonchev–Trinajstić information content (AvgIpc) is 3.09. The number of Topliss-reactive ketones (excluding diaryl/α,β-unsaturated/α-hetero) is 1. The Bertz CT molecular complexity index is 1220. The normalized spacial score (nSPS) is 17.3. The Hall–Kier alpha value is -3.77. The number of carbonyl (C=O) groups is 2. The van der Waals surface area contributed by atoms with Crippen LogP contribution in [-0.2, 0) is 9.59 Å². The highest BCUT2D eigenvalue weighted by atomic mass is 35.5. The SMILES string of the molecule is COc1ccc([C@@H]2C(=C(O)c3ccc(Cl)cc3)C(=O)C(=O)N2c2ccc(N(C)C)cc2)cc1. The van der Waals surface area contributed by atoms with E-state index in [-0.39, 0.29) is 11.3 Å². The van der Waals surface area contributed by atoms with Crippen LogP contribution in [0, 0.1) is 0 Å². The molecule has 0 unspecified atom stereocenters. The largest absolute Gasteiger partial charge is 0.507 e. The zero-order chi connectivity index (χ0) is 23.7. The summed E-state index contributed by atoms with van der Waals surface area (Å²) in [5.41, 5.74) is 2.60. The molecule has 3 aromatic carbocycles. The van der Waals surface area contributed by atoms with E-state index in [2.05, 4.69) is 0 Å². The van der Waals surface area contributed by atoms with Crippen molar-refractivity contribution in [2.75, 3.05) is 31.0 Å². The van der Waals surface area contributed by atoms with Crippen molar-refractivity contribution in [2.24, 2.45) is 0 Å². The van der Waals surface area contributed by atoms with E-state index in [4.69, 9.17) is 16.3 Å². The van der Waals surface area contributed by atoms with Crippen LogP contribution in [0.4, 0.5) is 11.4 Å². The van der Waals surface area contributed by atoms with Crippen LogP contribution in [-0.4, -0.2) is 38.0 Å². The highest BCUT2D eigenvalue weighted by Gasteiger charge is 2.47. The summed E-state index contributed by atoms with van der Waals surface area (Å²) in [5.74, 6) is -1.06. The van der Waals surface area contributed by atoms with Crippen molar-refractivity contribution >= 4 is 40.4 Å². The van der Waals surface area contributed by atoms with Gasteiger partial charge in [0.2, 0.25) is 0 Å². The summed E-state index contributed by atoms with van der Waals surface area (Å²) in [6.45, 7) is 0. The van der Waals surface area contributed by atoms with Crippen LogP contribution in [0.25, 0.3) is 5.76 Å². The number of aliphatic hydroxyl groups excluding tert-OH is 1. The summed E-state index contributed by atoms with van der Waals surface area (Å²) in [6, 6.07) is 20.1. The fourth-order valence-corrected chi connectivity index (χ4v) is 4.00. The van der Waals surface area contributed by atoms with E-state index in [0.717, 1.165) is 5.69 Å². The van der Waals surface area contributed by atoms with Gasteiger partial charge in [-0.3, -0.25) is 14.5 Å². The molecule has 6 nitrogen and oxygen atoms in total. The van der Waals surface area contributed by atoms with Gasteiger partial charge < -0.3 is 14.7 Å². The van der Waals surface area contributed by atoms with Gasteiger partial charge in [-0.05, 0) is 66.2 Å². The van der Waals surface area contributed by atoms with Crippen LogP contribution in [0.2, 0.25) is 5.02 Å². The number of ether oxygens (including phenoxy) is 1. The number of benzene rings is 3. The van der Waals surface area contributed by atoms with Crippen molar-refractivity contribution in [1.29, 1.82) is 0 Å². The van der Waals surface area contributed by atoms with Crippen LogP contribution in [0.1, 0.15) is 17.2 Å². The van der Waals surface area contributed by atoms with Crippen molar-refractivity contribution in [3.8, 4) is 5.75 Å². The van der Waals surface area contributed by atoms with Crippen molar-refractivity contribution in [3.05, 3.63) is 94.5 Å². The van der Waals surface area contributed by atoms with Crippen molar-refractivity contribution < 1.29 is 19.4 Å². The summed E-state index contributed by atoms with van der Waals surface area (Å²) in [4.78, 5) is 29.8. The maximum atomic E-state index is 13.2. The Labute approximate surface area is 197 Å². The predicted octanol–water partition coefficient (Wildman–Crippen LogP) is 5.04. The first kappa shape index (κ1) is 22.4. The number of hydrogen-bond acceptors (Lipinski definition) is 5. The third-order valence-electron chi connectivity index (χ3n) is 5.64. The molecule has 1 amide bonds. The summed E-state index contributed by atoms with van der Waals surface area (Å²) >= 11 is 5.98. The van der Waals surface area contributed by atoms with Crippen molar-refractivity contribution in [3.63, 3.8) is 0 Å². The van der Waals surface area contributed by atoms with E-state index < -0.39 is 17.7 Å². The number of halogens is 1. The third kappa shape index (κ3) is 4.17. The second-order valence-electron chi connectivity index (χ2n) is 7.86. The Morgan fingerprint density at radius 2 is 1.55 bits per heavy atom. The topological polar surface area (TPSA) is 70.1 Å². The number of methoxy groups -OCH3 is 1. The molecule has 1 heterocycles. The van der Waals surface area contributed by atoms with Gasteiger partial charge in [0, 0.05) is 36.1 Å². The van der Waals surface area contributed by atoms with E-state index in [0.29, 0.717) is 27.6 Å². The van der Waals surface area contributed by atoms with Gasteiger partial charge in [0.1, 0.15) is 11.5 Å². The highest BCUT2D eigenvalue weighted by Crippen LogP contribution is 2.42. The number of hydrogen-bond donors (Lipinski definition) is 1. The van der Waals surface area contributed by atoms with Crippen molar-refractivity contribution in [1.82, 2.24) is 0 Å². The number of amides is 1. The smallest absolute Gasteiger partial charge is 0.300 e. The van der Waals surface area contributed by atoms with Gasteiger partial charge in [-0.15, -0.1) is 0 Å². The number of carbonyl (C=O) groups excluding carboxylic acids is 2. The first-order valence-electron chi connectivity index (χ1n) is 10.3. The molecule has 0 radical (unpaired) electrons. The van der Waals surface area contributed by atoms with Gasteiger partial charge in [-0.1, -0.05) is 23.7 Å². The maximum Gasteiger partial charge on any atom is 0.300 e. The highest BCUT2D eigenvalue weighted by molar-refractivity contribution is 6.51. The van der Waals surface area contributed by atoms with Crippen LogP contribution in [0.15, 0.2) is 78.4 Å². The lowest BCUT2D eigenvalue weighted by molar-refractivity contribution is -0.132. The number of nitrogens with zero attached hydrogens (tertiary/aromatic N) is 2. The minimum atomic E-state index is -0.809. The van der Waals surface area contributed by atoms with Crippen LogP contribution in [0.3, 0.4) is 0 Å². The molecule has 0 aliphatic carbocycles. The summed E-state index contributed by atoms with van der Waals surface area (Å²) in [5, 5.41) is 11.6. The van der Waals surface area contributed by atoms with E-state index in [1.165, 1.54) is 4.90 Å². The summed E-state index contributed by atoms with van der Waals surface area (Å²) in [7, 11) is 5.41. The fourth-order valence-electron chi connectivity index (χ4n) is 3.88. The molecular formula is C26H23ClN2O4. The second-order valence-corrected chi connectivity index (χ2v) is 8.30. The predicted molar refractivity (Wildman–Crippen MR) is 130 cm³/mol. The molecule has 1 N–H and O–H groups in total. The molecule has 0 spiro atoms. The molecule has 0 aromatic heterocycles. The zero-order valence-corrected chi connectivity index (χ0v) is 19.2. The molecule has 1 fully saturated rings. The van der Waals surface area contributed by atoms with E-state index >= 15 is 0 Å². The van der Waals surface area contributed by atoms with E-state index in [1.807, 2.05) is 31.1 Å². The molecule has 3 aromatic rings. The molecule has 1 atom stereocenters. The molecular weight excluding hydrogens is 440 g/mol. The number of ketones is 1. The Balaban J connectivity index is 1.89. The van der Waals surface area contributed by atoms with Gasteiger partial charge in [0.15, 0.2) is 0 Å². The molecule has 33 heavy (non-hydrogen) atoms. The number of rotatable bonds is 5. The van der Waals surface area contributed by atoms with Gasteiger partial charge in [-0.25, -0.2) is 0 Å². The average molecular weight is 463 g/mol. The standard InChI is InChI=1S/C26H23ClN2O4/c1-28(2)19-10-12-20(13-11-19)29-23(16-6-14-21(33-3)15-7-16)22(25(31)26(29)32)24(30)17-4-8-18(27)9-5-17/h4-15,23,30H,1-3H3/t23-/m1/s1. The van der Waals surface area contributed by atoms with E-state index in [9.17, 15) is 14.7 Å². The van der Waals surface area contributed by atoms with Gasteiger partial charge >= 0.3 is 0 Å². The quantitative estimate of drug-likeness (QED) is 0.327. The zero-order valence-electron chi connectivity index (χ0n) is 18.4. The number of aliphatic hydroxyl groups is 1. The van der Waals surface area contributed by atoms with Gasteiger partial charge in [0.05, 0.1) is 18.7 Å². The lowest BCUT2D eigenvalue weighted by Gasteiger charge is -2.26. The summed E-state index contributed by atoms with van der Waals surface area (Å²) < 4.78 is 5.25. The molecule has 168 valence electrons. The number of anilines is 2. The molecule has 0 bridgehead atoms. The molecule has 1 aliphatic rings. The van der Waals surface area contributed by atoms with Crippen LogP contribution in [0.5, 0.6) is 5.75 Å². The monoisotopic (exact) mass is 462 g/mol.